The quantitative estimate of drug-likeness (QED) is 0.502. The van der Waals surface area contributed by atoms with Crippen LogP contribution in [0.3, 0.4) is 0 Å². The van der Waals surface area contributed by atoms with Gasteiger partial charge in [-0.1, -0.05) is 41.0 Å². The Hall–Kier alpha value is -1.64. The highest BCUT2D eigenvalue weighted by molar-refractivity contribution is 7.99. The first-order valence-corrected chi connectivity index (χ1v) is 7.85. The predicted octanol–water partition coefficient (Wildman–Crippen LogP) is 2.15. The highest BCUT2D eigenvalue weighted by Gasteiger charge is 2.08. The number of hydrazone groups is 1. The molecule has 1 N–H and O–H groups in total. The van der Waals surface area contributed by atoms with Gasteiger partial charge in [0.2, 0.25) is 5.16 Å². The molecular weight excluding hydrogens is 347 g/mol. The molecule has 0 bridgehead atoms. The summed E-state index contributed by atoms with van der Waals surface area (Å²) in [5.41, 5.74) is 3.75. The molecule has 7 nitrogen and oxygen atoms in total. The maximum absolute atomic E-state index is 11.8. The molecule has 1 aromatic carbocycles. The minimum Gasteiger partial charge on any atom is -0.272 e. The number of benzene rings is 1. The van der Waals surface area contributed by atoms with Crippen molar-refractivity contribution in [2.24, 2.45) is 12.1 Å². The number of aryl methyl sites for hydroxylation is 1. The Morgan fingerprint density at radius 2 is 2.23 bits per heavy atom. The zero-order valence-electron chi connectivity index (χ0n) is 11.7. The number of aromatic nitrogens is 4. The van der Waals surface area contributed by atoms with Crippen LogP contribution in [0.2, 0.25) is 10.0 Å². The Balaban J connectivity index is 1.92. The van der Waals surface area contributed by atoms with Gasteiger partial charge < -0.3 is 0 Å². The zero-order chi connectivity index (χ0) is 16.1. The highest BCUT2D eigenvalue weighted by atomic mass is 35.5. The van der Waals surface area contributed by atoms with Crippen molar-refractivity contribution in [1.82, 2.24) is 25.6 Å². The summed E-state index contributed by atoms with van der Waals surface area (Å²) in [5.74, 6) is -0.114. The monoisotopic (exact) mass is 358 g/mol. The van der Waals surface area contributed by atoms with Crippen molar-refractivity contribution in [1.29, 1.82) is 0 Å². The van der Waals surface area contributed by atoms with Crippen LogP contribution in [-0.4, -0.2) is 37.6 Å². The first-order chi connectivity index (χ1) is 10.5. The van der Waals surface area contributed by atoms with Gasteiger partial charge in [-0.3, -0.25) is 4.79 Å². The molecule has 116 valence electrons. The van der Waals surface area contributed by atoms with E-state index < -0.39 is 0 Å². The molecule has 1 amide bonds. The summed E-state index contributed by atoms with van der Waals surface area (Å²) < 4.78 is 1.49. The largest absolute Gasteiger partial charge is 0.272 e. The lowest BCUT2D eigenvalue weighted by atomic mass is 10.1. The van der Waals surface area contributed by atoms with Gasteiger partial charge in [-0.05, 0) is 29.5 Å². The van der Waals surface area contributed by atoms with Crippen LogP contribution in [0.4, 0.5) is 0 Å². The van der Waals surface area contributed by atoms with Crippen LogP contribution in [0.25, 0.3) is 0 Å². The summed E-state index contributed by atoms with van der Waals surface area (Å²) in [4.78, 5) is 11.8. The molecule has 1 heterocycles. The fourth-order valence-corrected chi connectivity index (χ4v) is 2.68. The van der Waals surface area contributed by atoms with Crippen LogP contribution in [0.1, 0.15) is 12.5 Å². The zero-order valence-corrected chi connectivity index (χ0v) is 14.1. The highest BCUT2D eigenvalue weighted by Crippen LogP contribution is 2.21. The molecule has 22 heavy (non-hydrogen) atoms. The Kier molecular flexibility index (Phi) is 5.76. The summed E-state index contributed by atoms with van der Waals surface area (Å²) in [6.07, 6.45) is 0. The van der Waals surface area contributed by atoms with Crippen LogP contribution in [0.5, 0.6) is 0 Å². The van der Waals surface area contributed by atoms with Crippen molar-refractivity contribution < 1.29 is 4.79 Å². The Bertz CT molecular complexity index is 717. The number of rotatable bonds is 5. The first-order valence-electron chi connectivity index (χ1n) is 6.11. The van der Waals surface area contributed by atoms with Gasteiger partial charge >= 0.3 is 0 Å². The van der Waals surface area contributed by atoms with E-state index in [9.17, 15) is 4.79 Å². The van der Waals surface area contributed by atoms with Gasteiger partial charge in [-0.25, -0.2) is 10.1 Å². The van der Waals surface area contributed by atoms with E-state index in [-0.39, 0.29) is 11.7 Å². The molecule has 0 fully saturated rings. The van der Waals surface area contributed by atoms with Crippen LogP contribution in [0, 0.1) is 0 Å². The molecule has 0 saturated carbocycles. The van der Waals surface area contributed by atoms with E-state index in [2.05, 4.69) is 26.1 Å². The number of tetrazole rings is 1. The van der Waals surface area contributed by atoms with Gasteiger partial charge in [-0.2, -0.15) is 5.10 Å². The van der Waals surface area contributed by atoms with E-state index in [0.29, 0.717) is 26.5 Å². The van der Waals surface area contributed by atoms with E-state index in [4.69, 9.17) is 23.2 Å². The lowest BCUT2D eigenvalue weighted by Gasteiger charge is -2.05. The molecular formula is C12H12Cl2N6OS. The van der Waals surface area contributed by atoms with Crippen LogP contribution in [0.15, 0.2) is 28.5 Å². The van der Waals surface area contributed by atoms with Gasteiger partial charge in [0.15, 0.2) is 0 Å². The van der Waals surface area contributed by atoms with Crippen molar-refractivity contribution in [3.8, 4) is 0 Å². The van der Waals surface area contributed by atoms with E-state index in [1.54, 1.807) is 32.2 Å². The third-order valence-electron chi connectivity index (χ3n) is 2.58. The molecule has 0 aliphatic carbocycles. The molecule has 0 atom stereocenters. The van der Waals surface area contributed by atoms with Gasteiger partial charge in [0.1, 0.15) is 0 Å². The van der Waals surface area contributed by atoms with Gasteiger partial charge in [-0.15, -0.1) is 5.10 Å². The average molecular weight is 359 g/mol. The Morgan fingerprint density at radius 3 is 2.86 bits per heavy atom. The molecule has 0 unspecified atom stereocenters. The number of hydrogen-bond donors (Lipinski definition) is 1. The summed E-state index contributed by atoms with van der Waals surface area (Å²) in [5, 5.41) is 16.5. The molecule has 0 spiro atoms. The normalized spacial score (nSPS) is 11.5. The second-order valence-corrected chi connectivity index (χ2v) is 6.02. The minimum atomic E-state index is -0.266. The summed E-state index contributed by atoms with van der Waals surface area (Å²) >= 11 is 13.1. The van der Waals surface area contributed by atoms with Crippen molar-refractivity contribution in [2.45, 2.75) is 12.1 Å². The van der Waals surface area contributed by atoms with Crippen molar-refractivity contribution in [2.75, 3.05) is 5.75 Å². The number of amides is 1. The second-order valence-electron chi connectivity index (χ2n) is 4.23. The third kappa shape index (κ3) is 4.43. The molecule has 0 aliphatic heterocycles. The lowest BCUT2D eigenvalue weighted by Crippen LogP contribution is -2.21. The maximum Gasteiger partial charge on any atom is 0.250 e. The van der Waals surface area contributed by atoms with Crippen molar-refractivity contribution in [3.63, 3.8) is 0 Å². The molecule has 0 radical (unpaired) electrons. The Morgan fingerprint density at radius 1 is 1.45 bits per heavy atom. The first kappa shape index (κ1) is 16.7. The molecule has 2 aromatic rings. The van der Waals surface area contributed by atoms with Crippen LogP contribution >= 0.6 is 35.0 Å². The number of nitrogens with zero attached hydrogens (tertiary/aromatic N) is 5. The number of carbonyl (C=O) groups is 1. The number of carbonyl (C=O) groups excluding carboxylic acids is 1. The third-order valence-corrected chi connectivity index (χ3v) is 4.14. The van der Waals surface area contributed by atoms with E-state index in [1.165, 1.54) is 16.4 Å². The topological polar surface area (TPSA) is 85.1 Å². The molecule has 10 heteroatoms. The predicted molar refractivity (Wildman–Crippen MR) is 86.3 cm³/mol. The smallest absolute Gasteiger partial charge is 0.250 e. The fourth-order valence-electron chi connectivity index (χ4n) is 1.50. The summed E-state index contributed by atoms with van der Waals surface area (Å²) in [6, 6.07) is 5.08. The number of hydrogen-bond acceptors (Lipinski definition) is 6. The molecule has 0 aliphatic rings. The summed E-state index contributed by atoms with van der Waals surface area (Å²) in [7, 11) is 1.70. The van der Waals surface area contributed by atoms with E-state index in [1.807, 2.05) is 0 Å². The van der Waals surface area contributed by atoms with Crippen LogP contribution < -0.4 is 5.43 Å². The maximum atomic E-state index is 11.8. The average Bonchev–Trinajstić information content (AvgIpc) is 2.88. The van der Waals surface area contributed by atoms with Crippen LogP contribution in [-0.2, 0) is 11.8 Å². The fraction of sp³-hybridized carbons (Fsp3) is 0.250. The lowest BCUT2D eigenvalue weighted by molar-refractivity contribution is -0.118. The van der Waals surface area contributed by atoms with E-state index in [0.717, 1.165) is 0 Å². The molecule has 1 aromatic heterocycles. The van der Waals surface area contributed by atoms with Crippen molar-refractivity contribution >= 4 is 46.6 Å². The minimum absolute atomic E-state index is 0.152. The SMILES string of the molecule is C/C(=N\NC(=O)CSc1nnnn1C)c1ccc(Cl)cc1Cl. The number of halogens is 2. The summed E-state index contributed by atoms with van der Waals surface area (Å²) in [6.45, 7) is 1.75. The standard InChI is InChI=1S/C12H12Cl2N6OS/c1-7(9-4-3-8(13)5-10(9)14)15-16-11(21)6-22-12-17-18-19-20(12)2/h3-5H,6H2,1-2H3,(H,16,21)/b15-7+. The molecule has 0 saturated heterocycles. The second kappa shape index (κ2) is 7.57. The van der Waals surface area contributed by atoms with Gasteiger partial charge in [0.25, 0.3) is 5.91 Å². The Labute approximate surface area is 141 Å². The molecule has 2 rings (SSSR count). The van der Waals surface area contributed by atoms with Gasteiger partial charge in [0, 0.05) is 17.6 Å². The number of nitrogens with one attached hydrogen (secondary N) is 1. The van der Waals surface area contributed by atoms with Crippen molar-refractivity contribution in [3.05, 3.63) is 33.8 Å². The van der Waals surface area contributed by atoms with E-state index >= 15 is 0 Å². The number of thioether (sulfide) groups is 1. The van der Waals surface area contributed by atoms with Gasteiger partial charge in [0.05, 0.1) is 16.5 Å².